The molecule has 0 fully saturated rings. The van der Waals surface area contributed by atoms with Crippen LogP contribution in [0.2, 0.25) is 0 Å². The Bertz CT molecular complexity index is 493. The van der Waals surface area contributed by atoms with Crippen molar-refractivity contribution in [3.63, 3.8) is 0 Å². The molecule has 0 atom stereocenters. The van der Waals surface area contributed by atoms with Gasteiger partial charge in [0.25, 0.3) is 0 Å². The fourth-order valence-electron chi connectivity index (χ4n) is 2.05. The van der Waals surface area contributed by atoms with E-state index in [9.17, 15) is 26.3 Å². The summed E-state index contributed by atoms with van der Waals surface area (Å²) in [6.45, 7) is 0.0296. The standard InChI is InChI=1S/C10H9F6N3/c1-19-3-2-5-6(4-19)8(10(14,15)16)18-17-7(5)9(11,12)13/h2-4H2,1H3. The molecule has 0 radical (unpaired) electrons. The van der Waals surface area contributed by atoms with Crippen LogP contribution < -0.4 is 0 Å². The molecule has 0 saturated heterocycles. The maximum absolute atomic E-state index is 12.7. The molecule has 0 amide bonds. The van der Waals surface area contributed by atoms with E-state index in [-0.39, 0.29) is 19.5 Å². The van der Waals surface area contributed by atoms with Crippen LogP contribution in [0.4, 0.5) is 26.3 Å². The fourth-order valence-corrected chi connectivity index (χ4v) is 2.05. The van der Waals surface area contributed by atoms with Crippen LogP contribution >= 0.6 is 0 Å². The van der Waals surface area contributed by atoms with Gasteiger partial charge in [-0.25, -0.2) is 0 Å². The number of alkyl halides is 6. The Hall–Kier alpha value is -1.38. The fraction of sp³-hybridized carbons (Fsp3) is 0.600. The van der Waals surface area contributed by atoms with E-state index in [4.69, 9.17) is 0 Å². The minimum atomic E-state index is -4.81. The molecule has 1 aliphatic rings. The lowest BCUT2D eigenvalue weighted by atomic mass is 9.97. The zero-order valence-corrected chi connectivity index (χ0v) is 9.73. The van der Waals surface area contributed by atoms with Gasteiger partial charge in [-0.1, -0.05) is 0 Å². The van der Waals surface area contributed by atoms with Crippen molar-refractivity contribution in [1.29, 1.82) is 0 Å². The molecule has 2 rings (SSSR count). The van der Waals surface area contributed by atoms with E-state index in [2.05, 4.69) is 10.2 Å². The van der Waals surface area contributed by atoms with Crippen LogP contribution in [-0.2, 0) is 25.3 Å². The lowest BCUT2D eigenvalue weighted by Gasteiger charge is -2.28. The average molecular weight is 285 g/mol. The molecule has 2 heterocycles. The molecule has 0 aromatic carbocycles. The Morgan fingerprint density at radius 1 is 0.895 bits per heavy atom. The van der Waals surface area contributed by atoms with Crippen molar-refractivity contribution in [3.05, 3.63) is 22.5 Å². The number of likely N-dealkylation sites (N-methyl/N-ethyl adjacent to an activating group) is 1. The molecule has 0 aliphatic carbocycles. The first-order valence-electron chi connectivity index (χ1n) is 5.32. The summed E-state index contributed by atoms with van der Waals surface area (Å²) in [7, 11) is 1.54. The van der Waals surface area contributed by atoms with Crippen LogP contribution in [0.3, 0.4) is 0 Å². The second-order valence-corrected chi connectivity index (χ2v) is 4.34. The van der Waals surface area contributed by atoms with E-state index < -0.39 is 34.9 Å². The molecule has 0 bridgehead atoms. The van der Waals surface area contributed by atoms with E-state index in [1.807, 2.05) is 0 Å². The molecule has 1 aliphatic heterocycles. The third-order valence-electron chi connectivity index (χ3n) is 2.89. The Morgan fingerprint density at radius 2 is 1.37 bits per heavy atom. The summed E-state index contributed by atoms with van der Waals surface area (Å²) in [4.78, 5) is 1.51. The number of fused-ring (bicyclic) bond motifs is 1. The van der Waals surface area contributed by atoms with Crippen LogP contribution in [0.5, 0.6) is 0 Å². The van der Waals surface area contributed by atoms with E-state index in [0.29, 0.717) is 0 Å². The van der Waals surface area contributed by atoms with Gasteiger partial charge in [-0.2, -0.15) is 26.3 Å². The van der Waals surface area contributed by atoms with Crippen LogP contribution in [0.25, 0.3) is 0 Å². The molecular weight excluding hydrogens is 276 g/mol. The van der Waals surface area contributed by atoms with Crippen LogP contribution in [0, 0.1) is 0 Å². The summed E-state index contributed by atoms with van der Waals surface area (Å²) < 4.78 is 76.3. The molecule has 3 nitrogen and oxygen atoms in total. The number of halogens is 6. The van der Waals surface area contributed by atoms with Gasteiger partial charge in [0.05, 0.1) is 0 Å². The number of aromatic nitrogens is 2. The van der Waals surface area contributed by atoms with Crippen molar-refractivity contribution in [2.24, 2.45) is 0 Å². The van der Waals surface area contributed by atoms with Crippen molar-refractivity contribution < 1.29 is 26.3 Å². The summed E-state index contributed by atoms with van der Waals surface area (Å²) in [6, 6.07) is 0. The molecule has 0 unspecified atom stereocenters. The maximum Gasteiger partial charge on any atom is 0.435 e. The van der Waals surface area contributed by atoms with Crippen LogP contribution in [0.1, 0.15) is 22.5 Å². The molecular formula is C10H9F6N3. The summed E-state index contributed by atoms with van der Waals surface area (Å²) >= 11 is 0. The minimum absolute atomic E-state index is 0.126. The zero-order chi connectivity index (χ0) is 14.4. The van der Waals surface area contributed by atoms with E-state index in [0.717, 1.165) is 0 Å². The van der Waals surface area contributed by atoms with E-state index in [1.54, 1.807) is 0 Å². The third kappa shape index (κ3) is 2.65. The predicted octanol–water partition coefficient (Wildman–Crippen LogP) is 2.50. The van der Waals surface area contributed by atoms with Gasteiger partial charge >= 0.3 is 12.4 Å². The molecule has 1 aromatic rings. The van der Waals surface area contributed by atoms with Gasteiger partial charge in [-0.15, -0.1) is 10.2 Å². The monoisotopic (exact) mass is 285 g/mol. The van der Waals surface area contributed by atoms with E-state index in [1.165, 1.54) is 11.9 Å². The van der Waals surface area contributed by atoms with Crippen molar-refractivity contribution in [2.45, 2.75) is 25.3 Å². The Labute approximate surface area is 104 Å². The van der Waals surface area contributed by atoms with Gasteiger partial charge in [0.15, 0.2) is 11.4 Å². The molecule has 0 saturated carbocycles. The number of nitrogens with zero attached hydrogens (tertiary/aromatic N) is 3. The smallest absolute Gasteiger partial charge is 0.302 e. The van der Waals surface area contributed by atoms with Crippen molar-refractivity contribution in [1.82, 2.24) is 15.1 Å². The van der Waals surface area contributed by atoms with Crippen molar-refractivity contribution >= 4 is 0 Å². The molecule has 1 aromatic heterocycles. The maximum atomic E-state index is 12.7. The summed E-state index contributed by atoms with van der Waals surface area (Å²) in [5.41, 5.74) is -3.47. The molecule has 9 heteroatoms. The highest BCUT2D eigenvalue weighted by atomic mass is 19.4. The first-order chi connectivity index (χ1) is 8.60. The van der Waals surface area contributed by atoms with Crippen molar-refractivity contribution in [2.75, 3.05) is 13.6 Å². The van der Waals surface area contributed by atoms with Gasteiger partial charge in [-0.3, -0.25) is 0 Å². The normalized spacial score (nSPS) is 17.4. The number of hydrogen-bond acceptors (Lipinski definition) is 3. The highest BCUT2D eigenvalue weighted by Crippen LogP contribution is 2.38. The third-order valence-corrected chi connectivity index (χ3v) is 2.89. The summed E-state index contributed by atoms with van der Waals surface area (Å²) in [6.07, 6.45) is -9.73. The topological polar surface area (TPSA) is 29.0 Å². The largest absolute Gasteiger partial charge is 0.435 e. The average Bonchev–Trinajstić information content (AvgIpc) is 2.24. The summed E-state index contributed by atoms with van der Waals surface area (Å²) in [5, 5.41) is 5.48. The van der Waals surface area contributed by atoms with Crippen molar-refractivity contribution in [3.8, 4) is 0 Å². The van der Waals surface area contributed by atoms with Gasteiger partial charge in [0.1, 0.15) is 0 Å². The molecule has 106 valence electrons. The van der Waals surface area contributed by atoms with Crippen LogP contribution in [-0.4, -0.2) is 28.7 Å². The first kappa shape index (κ1) is 14.0. The molecule has 0 spiro atoms. The quantitative estimate of drug-likeness (QED) is 0.686. The Kier molecular flexibility index (Phi) is 3.20. The van der Waals surface area contributed by atoms with Crippen LogP contribution in [0.15, 0.2) is 0 Å². The highest BCUT2D eigenvalue weighted by molar-refractivity contribution is 5.37. The second-order valence-electron chi connectivity index (χ2n) is 4.34. The molecule has 0 N–H and O–H groups in total. The Morgan fingerprint density at radius 3 is 1.84 bits per heavy atom. The van der Waals surface area contributed by atoms with E-state index >= 15 is 0 Å². The lowest BCUT2D eigenvalue weighted by Crippen LogP contribution is -2.32. The highest BCUT2D eigenvalue weighted by Gasteiger charge is 2.43. The Balaban J connectivity index is 2.64. The van der Waals surface area contributed by atoms with Gasteiger partial charge in [0, 0.05) is 18.7 Å². The first-order valence-corrected chi connectivity index (χ1v) is 5.32. The van der Waals surface area contributed by atoms with Gasteiger partial charge in [0.2, 0.25) is 0 Å². The number of hydrogen-bond donors (Lipinski definition) is 0. The van der Waals surface area contributed by atoms with Gasteiger partial charge < -0.3 is 4.90 Å². The molecule has 19 heavy (non-hydrogen) atoms. The minimum Gasteiger partial charge on any atom is -0.302 e. The predicted molar refractivity (Wildman–Crippen MR) is 52.1 cm³/mol. The lowest BCUT2D eigenvalue weighted by molar-refractivity contribution is -0.149. The number of rotatable bonds is 0. The SMILES string of the molecule is CN1CCc2c(C(F)(F)F)nnc(C(F)(F)F)c2C1. The zero-order valence-electron chi connectivity index (χ0n) is 9.73. The summed E-state index contributed by atoms with van der Waals surface area (Å²) in [5.74, 6) is 0. The van der Waals surface area contributed by atoms with Gasteiger partial charge in [-0.05, 0) is 19.0 Å². The second kappa shape index (κ2) is 4.32.